The van der Waals surface area contributed by atoms with Gasteiger partial charge in [-0.05, 0) is 6.92 Å². The van der Waals surface area contributed by atoms with Crippen LogP contribution in [0.5, 0.6) is 0 Å². The third-order valence-corrected chi connectivity index (χ3v) is 1.50. The van der Waals surface area contributed by atoms with Gasteiger partial charge in [-0.15, -0.1) is 0 Å². The van der Waals surface area contributed by atoms with Crippen LogP contribution in [0.3, 0.4) is 0 Å². The number of hydrogen-bond acceptors (Lipinski definition) is 3. The fourth-order valence-electron chi connectivity index (χ4n) is 0.783. The van der Waals surface area contributed by atoms with Gasteiger partial charge in [0.25, 0.3) is 0 Å². The fourth-order valence-corrected chi connectivity index (χ4v) is 0.783. The molecule has 0 aliphatic heterocycles. The molecule has 1 rings (SSSR count). The molecule has 0 bridgehead atoms. The molecule has 0 amide bonds. The number of H-pyrrole nitrogens is 1. The number of anilines is 1. The number of imidazole rings is 1. The van der Waals surface area contributed by atoms with E-state index in [2.05, 4.69) is 9.97 Å². The largest absolute Gasteiger partial charge is 0.349 e. The van der Waals surface area contributed by atoms with Gasteiger partial charge in [0.2, 0.25) is 5.95 Å². The average molecular weight is 154 g/mol. The molecule has 0 saturated carbocycles. The summed E-state index contributed by atoms with van der Waals surface area (Å²) in [7, 11) is 3.87. The predicted molar refractivity (Wildman–Crippen MR) is 45.5 cm³/mol. The van der Waals surface area contributed by atoms with E-state index in [9.17, 15) is 0 Å². The monoisotopic (exact) mass is 154 g/mol. The molecule has 1 aromatic heterocycles. The Morgan fingerprint density at radius 1 is 1.64 bits per heavy atom. The molecule has 0 radical (unpaired) electrons. The maximum Gasteiger partial charge on any atom is 0.202 e. The van der Waals surface area contributed by atoms with Crippen molar-refractivity contribution in [3.05, 3.63) is 11.9 Å². The first-order valence-electron chi connectivity index (χ1n) is 3.59. The van der Waals surface area contributed by atoms with Gasteiger partial charge in [-0.25, -0.2) is 4.98 Å². The maximum atomic E-state index is 5.64. The van der Waals surface area contributed by atoms with Crippen LogP contribution in [0, 0.1) is 0 Å². The van der Waals surface area contributed by atoms with Gasteiger partial charge in [0, 0.05) is 20.1 Å². The zero-order valence-electron chi connectivity index (χ0n) is 7.13. The summed E-state index contributed by atoms with van der Waals surface area (Å²) in [5.41, 5.74) is 6.60. The highest BCUT2D eigenvalue weighted by Gasteiger charge is 2.04. The molecule has 3 N–H and O–H groups in total. The summed E-state index contributed by atoms with van der Waals surface area (Å²) in [5.74, 6) is 0.845. The lowest BCUT2D eigenvalue weighted by Crippen LogP contribution is -2.11. The lowest BCUT2D eigenvalue weighted by Gasteiger charge is -2.06. The summed E-state index contributed by atoms with van der Waals surface area (Å²) in [6.07, 6.45) is 1.76. The molecule has 11 heavy (non-hydrogen) atoms. The Kier molecular flexibility index (Phi) is 2.14. The Morgan fingerprint density at radius 3 is 2.55 bits per heavy atom. The molecule has 0 saturated heterocycles. The van der Waals surface area contributed by atoms with Crippen LogP contribution in [-0.4, -0.2) is 24.1 Å². The van der Waals surface area contributed by atoms with E-state index in [0.717, 1.165) is 11.6 Å². The highest BCUT2D eigenvalue weighted by molar-refractivity contribution is 5.28. The number of hydrogen-bond donors (Lipinski definition) is 2. The second-order valence-electron chi connectivity index (χ2n) is 2.85. The summed E-state index contributed by atoms with van der Waals surface area (Å²) in [6, 6.07) is 0.0243. The van der Waals surface area contributed by atoms with E-state index < -0.39 is 0 Å². The first kappa shape index (κ1) is 8.07. The number of aromatic nitrogens is 2. The minimum absolute atomic E-state index is 0.0243. The lowest BCUT2D eigenvalue weighted by atomic mass is 10.3. The Hall–Kier alpha value is -1.03. The van der Waals surface area contributed by atoms with Gasteiger partial charge in [0.15, 0.2) is 0 Å². The first-order valence-corrected chi connectivity index (χ1v) is 3.59. The van der Waals surface area contributed by atoms with E-state index in [1.807, 2.05) is 25.9 Å². The molecule has 1 unspecified atom stereocenters. The number of nitrogens with zero attached hydrogens (tertiary/aromatic N) is 2. The van der Waals surface area contributed by atoms with E-state index in [4.69, 9.17) is 5.73 Å². The third-order valence-electron chi connectivity index (χ3n) is 1.50. The average Bonchev–Trinajstić information content (AvgIpc) is 2.33. The van der Waals surface area contributed by atoms with Crippen molar-refractivity contribution in [1.29, 1.82) is 0 Å². The van der Waals surface area contributed by atoms with Crippen molar-refractivity contribution in [3.63, 3.8) is 0 Å². The summed E-state index contributed by atoms with van der Waals surface area (Å²) < 4.78 is 0. The second kappa shape index (κ2) is 2.92. The van der Waals surface area contributed by atoms with Gasteiger partial charge in [-0.1, -0.05) is 0 Å². The first-order chi connectivity index (χ1) is 5.11. The van der Waals surface area contributed by atoms with E-state index >= 15 is 0 Å². The Bertz CT molecular complexity index is 204. The molecule has 1 heterocycles. The van der Waals surface area contributed by atoms with Crippen LogP contribution < -0.4 is 10.6 Å². The maximum absolute atomic E-state index is 5.64. The van der Waals surface area contributed by atoms with Crippen molar-refractivity contribution in [3.8, 4) is 0 Å². The van der Waals surface area contributed by atoms with Crippen molar-refractivity contribution in [2.75, 3.05) is 19.0 Å². The van der Waals surface area contributed by atoms with E-state index in [0.29, 0.717) is 0 Å². The highest BCUT2D eigenvalue weighted by atomic mass is 15.2. The van der Waals surface area contributed by atoms with Gasteiger partial charge in [0.1, 0.15) is 0 Å². The van der Waals surface area contributed by atoms with Crippen LogP contribution in [0.2, 0.25) is 0 Å². The van der Waals surface area contributed by atoms with Gasteiger partial charge in [0.05, 0.1) is 11.9 Å². The van der Waals surface area contributed by atoms with Crippen LogP contribution in [0.1, 0.15) is 18.7 Å². The normalized spacial score (nSPS) is 13.1. The lowest BCUT2D eigenvalue weighted by molar-refractivity contribution is 0.787. The SMILES string of the molecule is CC(N)c1cnc(N(C)C)[nH]1. The molecular formula is C7H14N4. The number of nitrogens with two attached hydrogens (primary N) is 1. The molecule has 4 heteroatoms. The van der Waals surface area contributed by atoms with Gasteiger partial charge >= 0.3 is 0 Å². The summed E-state index contributed by atoms with van der Waals surface area (Å²) in [6.45, 7) is 1.92. The van der Waals surface area contributed by atoms with Gasteiger partial charge in [-0.2, -0.15) is 0 Å². The Labute approximate surface area is 66.4 Å². The summed E-state index contributed by atoms with van der Waals surface area (Å²) >= 11 is 0. The van der Waals surface area contributed by atoms with Crippen LogP contribution in [-0.2, 0) is 0 Å². The molecule has 62 valence electrons. The van der Waals surface area contributed by atoms with E-state index in [1.165, 1.54) is 0 Å². The zero-order chi connectivity index (χ0) is 8.43. The third kappa shape index (κ3) is 1.71. The summed E-state index contributed by atoms with van der Waals surface area (Å²) in [5, 5.41) is 0. The Morgan fingerprint density at radius 2 is 2.27 bits per heavy atom. The van der Waals surface area contributed by atoms with Crippen molar-refractivity contribution in [1.82, 2.24) is 9.97 Å². The van der Waals surface area contributed by atoms with Crippen LogP contribution in [0.25, 0.3) is 0 Å². The number of rotatable bonds is 2. The quantitative estimate of drug-likeness (QED) is 0.652. The number of nitrogens with one attached hydrogen (secondary N) is 1. The Balaban J connectivity index is 2.82. The highest BCUT2D eigenvalue weighted by Crippen LogP contribution is 2.10. The van der Waals surface area contributed by atoms with Crippen molar-refractivity contribution < 1.29 is 0 Å². The molecule has 1 atom stereocenters. The molecular weight excluding hydrogens is 140 g/mol. The van der Waals surface area contributed by atoms with E-state index in [-0.39, 0.29) is 6.04 Å². The topological polar surface area (TPSA) is 57.9 Å². The second-order valence-corrected chi connectivity index (χ2v) is 2.85. The van der Waals surface area contributed by atoms with Crippen LogP contribution >= 0.6 is 0 Å². The minimum atomic E-state index is 0.0243. The predicted octanol–water partition coefficient (Wildman–Crippen LogP) is 0.495. The van der Waals surface area contributed by atoms with Crippen molar-refractivity contribution in [2.24, 2.45) is 5.73 Å². The van der Waals surface area contributed by atoms with Crippen LogP contribution in [0.15, 0.2) is 6.20 Å². The van der Waals surface area contributed by atoms with Crippen LogP contribution in [0.4, 0.5) is 5.95 Å². The minimum Gasteiger partial charge on any atom is -0.349 e. The fraction of sp³-hybridized carbons (Fsp3) is 0.571. The standard InChI is InChI=1S/C7H14N4/c1-5(8)6-4-9-7(10-6)11(2)3/h4-5H,8H2,1-3H3,(H,9,10). The molecule has 0 aliphatic carbocycles. The van der Waals surface area contributed by atoms with Gasteiger partial charge in [-0.3, -0.25) is 0 Å². The molecule has 1 aromatic rings. The van der Waals surface area contributed by atoms with Crippen molar-refractivity contribution >= 4 is 5.95 Å². The van der Waals surface area contributed by atoms with Gasteiger partial charge < -0.3 is 15.6 Å². The molecule has 0 aromatic carbocycles. The molecule has 0 spiro atoms. The smallest absolute Gasteiger partial charge is 0.202 e. The molecule has 0 aliphatic rings. The van der Waals surface area contributed by atoms with E-state index in [1.54, 1.807) is 6.20 Å². The summed E-state index contributed by atoms with van der Waals surface area (Å²) in [4.78, 5) is 9.14. The number of aromatic amines is 1. The van der Waals surface area contributed by atoms with Crippen molar-refractivity contribution in [2.45, 2.75) is 13.0 Å². The zero-order valence-corrected chi connectivity index (χ0v) is 7.13. The molecule has 4 nitrogen and oxygen atoms in total. The molecule has 0 fully saturated rings.